The number of nitrogens with zero attached hydrogens (tertiary/aromatic N) is 4. The molecule has 2 aromatic rings. The van der Waals surface area contributed by atoms with E-state index in [9.17, 15) is 19.2 Å². The SMILES string of the molecule is CC(C)(C)OC(=O)N1CCC(CC(=O)N2CCCCC2c2cc(NC(=O)c3cc(=O)[nH]cn3)n[nH]2)C1. The van der Waals surface area contributed by atoms with E-state index >= 15 is 0 Å². The molecule has 194 valence electrons. The molecule has 4 rings (SSSR count). The number of anilines is 1. The van der Waals surface area contributed by atoms with Crippen molar-refractivity contribution >= 4 is 23.7 Å². The second-order valence-corrected chi connectivity index (χ2v) is 10.3. The number of aromatic nitrogens is 4. The molecular formula is C24H33N7O5. The Balaban J connectivity index is 1.36. The highest BCUT2D eigenvalue weighted by atomic mass is 16.6. The molecule has 0 bridgehead atoms. The minimum atomic E-state index is -0.552. The maximum atomic E-state index is 13.3. The van der Waals surface area contributed by atoms with Crippen LogP contribution in [0.15, 0.2) is 23.3 Å². The molecule has 0 saturated carbocycles. The second-order valence-electron chi connectivity index (χ2n) is 10.3. The largest absolute Gasteiger partial charge is 0.444 e. The molecule has 2 unspecified atom stereocenters. The monoisotopic (exact) mass is 499 g/mol. The zero-order valence-electron chi connectivity index (χ0n) is 20.9. The summed E-state index contributed by atoms with van der Waals surface area (Å²) in [4.78, 5) is 59.2. The van der Waals surface area contributed by atoms with Crippen LogP contribution in [0.3, 0.4) is 0 Å². The third-order valence-corrected chi connectivity index (χ3v) is 6.33. The van der Waals surface area contributed by atoms with Crippen LogP contribution in [0.2, 0.25) is 0 Å². The summed E-state index contributed by atoms with van der Waals surface area (Å²) in [5.74, 6) is -0.125. The van der Waals surface area contributed by atoms with Crippen molar-refractivity contribution in [3.63, 3.8) is 0 Å². The first kappa shape index (κ1) is 25.4. The fourth-order valence-corrected chi connectivity index (χ4v) is 4.65. The molecule has 3 N–H and O–H groups in total. The zero-order chi connectivity index (χ0) is 25.9. The molecule has 36 heavy (non-hydrogen) atoms. The molecule has 0 radical (unpaired) electrons. The Hall–Kier alpha value is -3.70. The molecule has 2 fully saturated rings. The van der Waals surface area contributed by atoms with Crippen molar-refractivity contribution in [3.8, 4) is 0 Å². The van der Waals surface area contributed by atoms with Crippen molar-refractivity contribution in [1.82, 2.24) is 30.0 Å². The third-order valence-electron chi connectivity index (χ3n) is 6.33. The third kappa shape index (κ3) is 6.29. The van der Waals surface area contributed by atoms with Gasteiger partial charge in [-0.2, -0.15) is 5.10 Å². The number of ether oxygens (including phenoxy) is 1. The van der Waals surface area contributed by atoms with E-state index in [-0.39, 0.29) is 29.7 Å². The number of carbonyl (C=O) groups excluding carboxylic acids is 3. The van der Waals surface area contributed by atoms with Crippen LogP contribution in [-0.2, 0) is 9.53 Å². The Bertz CT molecular complexity index is 1170. The standard InChI is InChI=1S/C24H33N7O5/c1-24(2,3)36-23(35)30-9-7-15(13-30)10-21(33)31-8-5-4-6-18(31)16-11-19(29-28-16)27-22(34)17-12-20(32)26-14-25-17/h11-12,14-15,18H,4-10,13H2,1-3H3,(H,25,26,32)(H2,27,28,29,34). The first-order chi connectivity index (χ1) is 17.1. The van der Waals surface area contributed by atoms with Crippen LogP contribution >= 0.6 is 0 Å². The van der Waals surface area contributed by atoms with E-state index in [4.69, 9.17) is 4.74 Å². The lowest BCUT2D eigenvalue weighted by atomic mass is 9.97. The van der Waals surface area contributed by atoms with E-state index in [2.05, 4.69) is 25.5 Å². The normalized spacial score (nSPS) is 20.3. The summed E-state index contributed by atoms with van der Waals surface area (Å²) in [7, 11) is 0. The van der Waals surface area contributed by atoms with Gasteiger partial charge in [0, 0.05) is 38.2 Å². The van der Waals surface area contributed by atoms with Gasteiger partial charge in [-0.05, 0) is 52.4 Å². The number of piperidine rings is 1. The van der Waals surface area contributed by atoms with Crippen LogP contribution in [-0.4, -0.2) is 73.1 Å². The number of amides is 3. The van der Waals surface area contributed by atoms with Gasteiger partial charge in [0.15, 0.2) is 5.82 Å². The molecule has 0 spiro atoms. The van der Waals surface area contributed by atoms with Crippen LogP contribution in [0.1, 0.15) is 75.1 Å². The zero-order valence-corrected chi connectivity index (χ0v) is 20.9. The van der Waals surface area contributed by atoms with Gasteiger partial charge < -0.3 is 24.8 Å². The Kier molecular flexibility index (Phi) is 7.41. The van der Waals surface area contributed by atoms with E-state index in [1.54, 1.807) is 11.0 Å². The summed E-state index contributed by atoms with van der Waals surface area (Å²) in [6.07, 6.45) is 4.63. The van der Waals surface area contributed by atoms with Gasteiger partial charge in [-0.25, -0.2) is 9.78 Å². The van der Waals surface area contributed by atoms with E-state index in [1.807, 2.05) is 25.7 Å². The van der Waals surface area contributed by atoms with E-state index in [0.717, 1.165) is 43.8 Å². The van der Waals surface area contributed by atoms with Crippen molar-refractivity contribution in [3.05, 3.63) is 40.2 Å². The van der Waals surface area contributed by atoms with Crippen LogP contribution in [0.4, 0.5) is 10.6 Å². The van der Waals surface area contributed by atoms with E-state index < -0.39 is 17.1 Å². The molecule has 0 aromatic carbocycles. The Morgan fingerprint density at radius 2 is 1.97 bits per heavy atom. The lowest BCUT2D eigenvalue weighted by Crippen LogP contribution is -2.40. The van der Waals surface area contributed by atoms with Crippen LogP contribution < -0.4 is 10.9 Å². The number of H-pyrrole nitrogens is 2. The highest BCUT2D eigenvalue weighted by Gasteiger charge is 2.34. The number of likely N-dealkylation sites (tertiary alicyclic amines) is 2. The van der Waals surface area contributed by atoms with Crippen LogP contribution in [0, 0.1) is 5.92 Å². The summed E-state index contributed by atoms with van der Waals surface area (Å²) in [6, 6.07) is 2.64. The lowest BCUT2D eigenvalue weighted by molar-refractivity contribution is -0.136. The predicted octanol–water partition coefficient (Wildman–Crippen LogP) is 2.45. The van der Waals surface area contributed by atoms with E-state index in [0.29, 0.717) is 31.9 Å². The van der Waals surface area contributed by atoms with Crippen molar-refractivity contribution in [2.45, 2.75) is 64.5 Å². The summed E-state index contributed by atoms with van der Waals surface area (Å²) in [6.45, 7) is 7.25. The summed E-state index contributed by atoms with van der Waals surface area (Å²) < 4.78 is 5.46. The molecule has 2 aromatic heterocycles. The molecule has 2 atom stereocenters. The average molecular weight is 500 g/mol. The Morgan fingerprint density at radius 3 is 2.72 bits per heavy atom. The minimum absolute atomic E-state index is 0.0187. The Labute approximate surface area is 208 Å². The first-order valence-corrected chi connectivity index (χ1v) is 12.3. The van der Waals surface area contributed by atoms with Gasteiger partial charge in [0.1, 0.15) is 11.3 Å². The van der Waals surface area contributed by atoms with Gasteiger partial charge in [0.25, 0.3) is 11.5 Å². The summed E-state index contributed by atoms with van der Waals surface area (Å²) in [5.41, 5.74) is -0.261. The van der Waals surface area contributed by atoms with Crippen molar-refractivity contribution in [2.24, 2.45) is 5.92 Å². The first-order valence-electron chi connectivity index (χ1n) is 12.3. The van der Waals surface area contributed by atoms with Crippen LogP contribution in [0.5, 0.6) is 0 Å². The fourth-order valence-electron chi connectivity index (χ4n) is 4.65. The molecule has 2 aliphatic heterocycles. The molecule has 12 heteroatoms. The van der Waals surface area contributed by atoms with Crippen molar-refractivity contribution in [2.75, 3.05) is 25.0 Å². The molecule has 4 heterocycles. The maximum Gasteiger partial charge on any atom is 0.410 e. The van der Waals surface area contributed by atoms with Crippen LogP contribution in [0.25, 0.3) is 0 Å². The van der Waals surface area contributed by atoms with Gasteiger partial charge in [0.2, 0.25) is 5.91 Å². The van der Waals surface area contributed by atoms with Crippen molar-refractivity contribution in [1.29, 1.82) is 0 Å². The molecule has 12 nitrogen and oxygen atoms in total. The summed E-state index contributed by atoms with van der Waals surface area (Å²) in [5, 5.41) is 9.75. The van der Waals surface area contributed by atoms with Crippen molar-refractivity contribution < 1.29 is 19.1 Å². The van der Waals surface area contributed by atoms with Gasteiger partial charge in [-0.3, -0.25) is 19.5 Å². The number of nitrogens with one attached hydrogen (secondary N) is 3. The topological polar surface area (TPSA) is 153 Å². The average Bonchev–Trinajstić information content (AvgIpc) is 3.48. The number of aromatic amines is 2. The Morgan fingerprint density at radius 1 is 1.17 bits per heavy atom. The highest BCUT2D eigenvalue weighted by molar-refractivity contribution is 6.02. The quantitative estimate of drug-likeness (QED) is 0.571. The molecular weight excluding hydrogens is 466 g/mol. The second kappa shape index (κ2) is 10.5. The summed E-state index contributed by atoms with van der Waals surface area (Å²) >= 11 is 0. The minimum Gasteiger partial charge on any atom is -0.444 e. The van der Waals surface area contributed by atoms with E-state index in [1.165, 1.54) is 0 Å². The molecule has 0 aliphatic carbocycles. The number of hydrogen-bond donors (Lipinski definition) is 3. The number of hydrogen-bond acceptors (Lipinski definition) is 7. The molecule has 3 amide bonds. The van der Waals surface area contributed by atoms with Gasteiger partial charge in [-0.15, -0.1) is 0 Å². The predicted molar refractivity (Wildman–Crippen MR) is 130 cm³/mol. The van der Waals surface area contributed by atoms with Gasteiger partial charge in [0.05, 0.1) is 18.1 Å². The van der Waals surface area contributed by atoms with Gasteiger partial charge in [-0.1, -0.05) is 0 Å². The molecule has 2 aliphatic rings. The maximum absolute atomic E-state index is 13.3. The lowest BCUT2D eigenvalue weighted by Gasteiger charge is -2.35. The smallest absolute Gasteiger partial charge is 0.410 e. The fraction of sp³-hybridized carbons (Fsp3) is 0.583. The molecule has 2 saturated heterocycles. The van der Waals surface area contributed by atoms with Gasteiger partial charge >= 0.3 is 6.09 Å². The highest BCUT2D eigenvalue weighted by Crippen LogP contribution is 2.33. The number of carbonyl (C=O) groups is 3. The number of rotatable bonds is 5.